The van der Waals surface area contributed by atoms with E-state index in [1.165, 1.54) is 23.2 Å². The maximum absolute atomic E-state index is 11.9. The number of benzene rings is 2. The first-order chi connectivity index (χ1) is 14.6. The number of hydrogen-bond acceptors (Lipinski definition) is 6. The summed E-state index contributed by atoms with van der Waals surface area (Å²) < 4.78 is 31.1. The van der Waals surface area contributed by atoms with Crippen LogP contribution in [0.25, 0.3) is 0 Å². The van der Waals surface area contributed by atoms with E-state index < -0.39 is 9.73 Å². The third-order valence-corrected chi connectivity index (χ3v) is 8.07. The summed E-state index contributed by atoms with van der Waals surface area (Å²) in [6, 6.07) is 15.5. The van der Waals surface area contributed by atoms with Crippen molar-refractivity contribution in [2.24, 2.45) is 0 Å². The fraction of sp³-hybridized carbons (Fsp3) is 0.478. The van der Waals surface area contributed by atoms with Crippen LogP contribution in [0, 0.1) is 4.78 Å². The van der Waals surface area contributed by atoms with Crippen LogP contribution in [0.3, 0.4) is 0 Å². The molecule has 1 N–H and O–H groups in total. The Balaban J connectivity index is 1.26. The van der Waals surface area contributed by atoms with Crippen molar-refractivity contribution in [3.05, 3.63) is 53.6 Å². The third-order valence-electron chi connectivity index (χ3n) is 6.38. The lowest BCUT2D eigenvalue weighted by molar-refractivity contribution is 0.170. The summed E-state index contributed by atoms with van der Waals surface area (Å²) in [5, 5.41) is 0. The third kappa shape index (κ3) is 4.14. The molecule has 2 aromatic carbocycles. The molecule has 1 unspecified atom stereocenters. The van der Waals surface area contributed by atoms with E-state index in [0.717, 1.165) is 31.0 Å². The fourth-order valence-electron chi connectivity index (χ4n) is 4.69. The van der Waals surface area contributed by atoms with Gasteiger partial charge in [0.05, 0.1) is 0 Å². The zero-order valence-electron chi connectivity index (χ0n) is 17.2. The number of nitrogens with zero attached hydrogens (tertiary/aromatic N) is 2. The number of nitrogens with one attached hydrogen (secondary N) is 1. The smallest absolute Gasteiger partial charge is 0.161 e. The Labute approximate surface area is 178 Å². The second kappa shape index (κ2) is 8.12. The van der Waals surface area contributed by atoms with Gasteiger partial charge in [-0.1, -0.05) is 18.2 Å². The minimum absolute atomic E-state index is 0.410. The van der Waals surface area contributed by atoms with E-state index in [9.17, 15) is 4.21 Å². The van der Waals surface area contributed by atoms with Crippen molar-refractivity contribution in [1.82, 2.24) is 4.90 Å². The maximum atomic E-state index is 11.9. The highest BCUT2D eigenvalue weighted by Gasteiger charge is 2.27. The first kappa shape index (κ1) is 19.7. The van der Waals surface area contributed by atoms with Gasteiger partial charge in [-0.05, 0) is 54.8 Å². The molecule has 3 heterocycles. The molecule has 2 aromatic rings. The van der Waals surface area contributed by atoms with Gasteiger partial charge in [0.15, 0.2) is 11.5 Å². The number of fused-ring (bicyclic) bond motifs is 1. The van der Waals surface area contributed by atoms with Crippen LogP contribution in [0.5, 0.6) is 11.5 Å². The molecule has 0 aliphatic carbocycles. The molecule has 2 fully saturated rings. The van der Waals surface area contributed by atoms with Crippen molar-refractivity contribution in [2.75, 3.05) is 49.3 Å². The molecule has 0 aromatic heterocycles. The fourth-order valence-corrected chi connectivity index (χ4v) is 5.93. The van der Waals surface area contributed by atoms with Crippen LogP contribution in [0.1, 0.15) is 30.0 Å². The van der Waals surface area contributed by atoms with Crippen molar-refractivity contribution in [3.63, 3.8) is 0 Å². The number of rotatable bonds is 4. The van der Waals surface area contributed by atoms with Gasteiger partial charge in [-0.15, -0.1) is 0 Å². The van der Waals surface area contributed by atoms with Crippen LogP contribution >= 0.6 is 0 Å². The Bertz CT molecular complexity index is 993. The molecule has 30 heavy (non-hydrogen) atoms. The van der Waals surface area contributed by atoms with E-state index in [1.807, 2.05) is 6.07 Å². The summed E-state index contributed by atoms with van der Waals surface area (Å²) in [4.78, 5) is 4.80. The Morgan fingerprint density at radius 1 is 0.967 bits per heavy atom. The zero-order chi connectivity index (χ0) is 20.6. The molecule has 6 nitrogen and oxygen atoms in total. The van der Waals surface area contributed by atoms with Crippen LogP contribution in [-0.2, 0) is 16.3 Å². The Morgan fingerprint density at radius 2 is 1.70 bits per heavy atom. The average molecular weight is 428 g/mol. The van der Waals surface area contributed by atoms with Crippen molar-refractivity contribution < 1.29 is 13.7 Å². The summed E-state index contributed by atoms with van der Waals surface area (Å²) in [6.45, 7) is 4.69. The minimum atomic E-state index is -2.35. The summed E-state index contributed by atoms with van der Waals surface area (Å²) in [5.74, 6) is 2.66. The van der Waals surface area contributed by atoms with E-state index in [0.29, 0.717) is 43.9 Å². The Hall–Kier alpha value is -2.25. The molecular weight excluding hydrogens is 398 g/mol. The van der Waals surface area contributed by atoms with Crippen molar-refractivity contribution in [2.45, 2.75) is 25.4 Å². The van der Waals surface area contributed by atoms with Crippen molar-refractivity contribution >= 4 is 15.4 Å². The highest BCUT2D eigenvalue weighted by atomic mass is 32.2. The predicted octanol–water partition coefficient (Wildman–Crippen LogP) is 3.66. The molecule has 0 amide bonds. The number of ether oxygens (including phenoxy) is 2. The van der Waals surface area contributed by atoms with Crippen LogP contribution < -0.4 is 14.4 Å². The first-order valence-electron chi connectivity index (χ1n) is 10.8. The highest BCUT2D eigenvalue weighted by molar-refractivity contribution is 7.92. The molecular formula is C23H29N3O3S. The number of hydrogen-bond donors (Lipinski definition) is 1. The molecule has 0 bridgehead atoms. The second-order valence-electron chi connectivity index (χ2n) is 8.41. The molecule has 160 valence electrons. The van der Waals surface area contributed by atoms with Crippen LogP contribution in [0.2, 0.25) is 0 Å². The SMILES string of the molecule is N=S1(=O)CCN(c2ccc(CN3CCCC3c3ccc4c(c3)OCCO4)cc2)CC1. The van der Waals surface area contributed by atoms with Gasteiger partial charge >= 0.3 is 0 Å². The largest absolute Gasteiger partial charge is 0.486 e. The minimum Gasteiger partial charge on any atom is -0.486 e. The molecule has 0 radical (unpaired) electrons. The van der Waals surface area contributed by atoms with Gasteiger partial charge in [0, 0.05) is 52.6 Å². The average Bonchev–Trinajstić information content (AvgIpc) is 3.22. The molecule has 3 aliphatic rings. The van der Waals surface area contributed by atoms with Gasteiger partial charge in [-0.3, -0.25) is 9.68 Å². The van der Waals surface area contributed by atoms with E-state index in [4.69, 9.17) is 14.3 Å². The molecule has 1 atom stereocenters. The van der Waals surface area contributed by atoms with Crippen LogP contribution in [0.15, 0.2) is 42.5 Å². The van der Waals surface area contributed by atoms with Gasteiger partial charge in [0.1, 0.15) is 13.2 Å². The molecule has 5 rings (SSSR count). The standard InChI is InChI=1S/C23H29N3O3S/c24-30(27)14-10-25(11-15-30)20-6-3-18(4-7-20)17-26-9-1-2-21(26)19-5-8-22-23(16-19)29-13-12-28-22/h3-8,16,21,24H,1-2,9-15,17H2. The molecule has 7 heteroatoms. The van der Waals surface area contributed by atoms with Crippen LogP contribution in [-0.4, -0.2) is 53.5 Å². The van der Waals surface area contributed by atoms with Crippen molar-refractivity contribution in [1.29, 1.82) is 4.78 Å². The molecule has 3 aliphatic heterocycles. The predicted molar refractivity (Wildman–Crippen MR) is 119 cm³/mol. The number of anilines is 1. The van der Waals surface area contributed by atoms with E-state index in [1.54, 1.807) is 0 Å². The Kier molecular flexibility index (Phi) is 5.33. The summed E-state index contributed by atoms with van der Waals surface area (Å²) >= 11 is 0. The normalized spacial score (nSPS) is 23.5. The summed E-state index contributed by atoms with van der Waals surface area (Å²) in [6.07, 6.45) is 2.37. The van der Waals surface area contributed by atoms with Gasteiger partial charge in [-0.25, -0.2) is 4.21 Å². The zero-order valence-corrected chi connectivity index (χ0v) is 18.0. The Morgan fingerprint density at radius 3 is 2.47 bits per heavy atom. The topological polar surface area (TPSA) is 65.9 Å². The lowest BCUT2D eigenvalue weighted by Crippen LogP contribution is -2.39. The van der Waals surface area contributed by atoms with Gasteiger partial charge < -0.3 is 14.4 Å². The van der Waals surface area contributed by atoms with Gasteiger partial charge in [0.25, 0.3) is 0 Å². The second-order valence-corrected chi connectivity index (χ2v) is 10.8. The van der Waals surface area contributed by atoms with Gasteiger partial charge in [0.2, 0.25) is 0 Å². The molecule has 0 spiro atoms. The first-order valence-corrected chi connectivity index (χ1v) is 12.7. The number of likely N-dealkylation sites (tertiary alicyclic amines) is 1. The summed E-state index contributed by atoms with van der Waals surface area (Å²) in [5.41, 5.74) is 3.78. The summed E-state index contributed by atoms with van der Waals surface area (Å²) in [7, 11) is -2.35. The lowest BCUT2D eigenvalue weighted by Gasteiger charge is -2.30. The van der Waals surface area contributed by atoms with Crippen LogP contribution in [0.4, 0.5) is 5.69 Å². The van der Waals surface area contributed by atoms with E-state index in [-0.39, 0.29) is 0 Å². The quantitative estimate of drug-likeness (QED) is 0.807. The van der Waals surface area contributed by atoms with E-state index >= 15 is 0 Å². The molecule has 2 saturated heterocycles. The van der Waals surface area contributed by atoms with Gasteiger partial charge in [-0.2, -0.15) is 0 Å². The molecule has 0 saturated carbocycles. The highest BCUT2D eigenvalue weighted by Crippen LogP contribution is 2.38. The lowest BCUT2D eigenvalue weighted by atomic mass is 10.0. The van der Waals surface area contributed by atoms with E-state index in [2.05, 4.69) is 46.2 Å². The monoisotopic (exact) mass is 427 g/mol. The maximum Gasteiger partial charge on any atom is 0.161 e. The van der Waals surface area contributed by atoms with Crippen molar-refractivity contribution in [3.8, 4) is 11.5 Å².